The lowest BCUT2D eigenvalue weighted by molar-refractivity contribution is -0.119. The van der Waals surface area contributed by atoms with Gasteiger partial charge in [0.15, 0.2) is 0 Å². The molecule has 1 atom stereocenters. The Morgan fingerprint density at radius 2 is 1.83 bits per heavy atom. The van der Waals surface area contributed by atoms with E-state index in [9.17, 15) is 13.2 Å². The maximum absolute atomic E-state index is 13.2. The van der Waals surface area contributed by atoms with Gasteiger partial charge < -0.3 is 5.73 Å². The van der Waals surface area contributed by atoms with Crippen LogP contribution in [0.25, 0.3) is 0 Å². The molecule has 2 aromatic carbocycles. The summed E-state index contributed by atoms with van der Waals surface area (Å²) in [6.07, 6.45) is 1.01. The van der Waals surface area contributed by atoms with Gasteiger partial charge in [0.1, 0.15) is 6.04 Å². The van der Waals surface area contributed by atoms with E-state index >= 15 is 0 Å². The van der Waals surface area contributed by atoms with Gasteiger partial charge in [0, 0.05) is 0 Å². The number of hydrogen-bond donors (Lipinski definition) is 1. The molecule has 3 rings (SSSR count). The summed E-state index contributed by atoms with van der Waals surface area (Å²) in [5.41, 5.74) is 8.84. The first kappa shape index (κ1) is 16.5. The molecule has 1 aliphatic rings. The van der Waals surface area contributed by atoms with E-state index in [0.717, 1.165) is 16.7 Å². The van der Waals surface area contributed by atoms with Crippen molar-refractivity contribution >= 4 is 21.6 Å². The van der Waals surface area contributed by atoms with Gasteiger partial charge in [-0.1, -0.05) is 24.3 Å². The second-order valence-corrected chi connectivity index (χ2v) is 7.95. The first-order valence-corrected chi connectivity index (χ1v) is 9.25. The van der Waals surface area contributed by atoms with Crippen LogP contribution < -0.4 is 10.0 Å². The summed E-state index contributed by atoms with van der Waals surface area (Å²) in [5.74, 6) is -0.628. The maximum Gasteiger partial charge on any atom is 0.265 e. The molecule has 0 saturated heterocycles. The SMILES string of the molecule is Cc1ccc(S(=O)(=O)N2c3ccccc3CC[C@@H]2C(N)=O)cc1C. The molecule has 0 bridgehead atoms. The molecule has 0 aromatic heterocycles. The summed E-state index contributed by atoms with van der Waals surface area (Å²) >= 11 is 0. The Morgan fingerprint density at radius 3 is 2.50 bits per heavy atom. The number of para-hydroxylation sites is 1. The highest BCUT2D eigenvalue weighted by Crippen LogP contribution is 2.35. The van der Waals surface area contributed by atoms with Crippen LogP contribution in [-0.2, 0) is 21.2 Å². The van der Waals surface area contributed by atoms with Crippen molar-refractivity contribution in [3.63, 3.8) is 0 Å². The van der Waals surface area contributed by atoms with E-state index in [4.69, 9.17) is 5.73 Å². The van der Waals surface area contributed by atoms with Gasteiger partial charge >= 0.3 is 0 Å². The molecule has 0 unspecified atom stereocenters. The Hall–Kier alpha value is -2.34. The van der Waals surface area contributed by atoms with Crippen LogP contribution in [0.2, 0.25) is 0 Å². The van der Waals surface area contributed by atoms with Crippen LogP contribution in [0.1, 0.15) is 23.1 Å². The van der Waals surface area contributed by atoms with Gasteiger partial charge in [-0.2, -0.15) is 0 Å². The zero-order valence-electron chi connectivity index (χ0n) is 13.7. The minimum absolute atomic E-state index is 0.175. The lowest BCUT2D eigenvalue weighted by Gasteiger charge is -2.36. The number of nitrogens with two attached hydrogens (primary N) is 1. The average molecular weight is 344 g/mol. The molecule has 126 valence electrons. The second kappa shape index (κ2) is 5.94. The van der Waals surface area contributed by atoms with Crippen LogP contribution >= 0.6 is 0 Å². The van der Waals surface area contributed by atoms with Gasteiger partial charge in [-0.3, -0.25) is 9.10 Å². The highest BCUT2D eigenvalue weighted by atomic mass is 32.2. The first-order valence-electron chi connectivity index (χ1n) is 7.81. The highest BCUT2D eigenvalue weighted by Gasteiger charge is 2.38. The molecule has 0 radical (unpaired) electrons. The van der Waals surface area contributed by atoms with Crippen molar-refractivity contribution in [2.24, 2.45) is 5.73 Å². The summed E-state index contributed by atoms with van der Waals surface area (Å²) in [7, 11) is -3.88. The van der Waals surface area contributed by atoms with Crippen molar-refractivity contribution in [2.75, 3.05) is 4.31 Å². The predicted octanol–water partition coefficient (Wildman–Crippen LogP) is 2.30. The minimum Gasteiger partial charge on any atom is -0.368 e. The third-order valence-electron chi connectivity index (χ3n) is 4.56. The number of benzene rings is 2. The molecular weight excluding hydrogens is 324 g/mol. The smallest absolute Gasteiger partial charge is 0.265 e. The van der Waals surface area contributed by atoms with Gasteiger partial charge in [0.25, 0.3) is 10.0 Å². The average Bonchev–Trinajstić information content (AvgIpc) is 2.55. The lowest BCUT2D eigenvalue weighted by atomic mass is 9.98. The lowest BCUT2D eigenvalue weighted by Crippen LogP contribution is -2.50. The van der Waals surface area contributed by atoms with Gasteiger partial charge in [-0.05, 0) is 61.6 Å². The number of amides is 1. The standard InChI is InChI=1S/C18H20N2O3S/c1-12-7-9-15(11-13(12)2)24(22,23)20-16-6-4-3-5-14(16)8-10-17(20)18(19)21/h3-7,9,11,17H,8,10H2,1-2H3,(H2,19,21)/t17-/m1/s1. The van der Waals surface area contributed by atoms with Crippen molar-refractivity contribution < 1.29 is 13.2 Å². The molecule has 1 amide bonds. The predicted molar refractivity (Wildman–Crippen MR) is 93.3 cm³/mol. The fourth-order valence-electron chi connectivity index (χ4n) is 3.06. The van der Waals surface area contributed by atoms with E-state index in [2.05, 4.69) is 0 Å². The monoisotopic (exact) mass is 344 g/mol. The summed E-state index contributed by atoms with van der Waals surface area (Å²) in [6.45, 7) is 3.79. The number of carbonyl (C=O) groups is 1. The number of anilines is 1. The van der Waals surface area contributed by atoms with Crippen molar-refractivity contribution in [3.05, 3.63) is 59.2 Å². The second-order valence-electron chi connectivity index (χ2n) is 6.13. The number of sulfonamides is 1. The number of aryl methyl sites for hydroxylation is 3. The van der Waals surface area contributed by atoms with Crippen molar-refractivity contribution in [2.45, 2.75) is 37.6 Å². The number of fused-ring (bicyclic) bond motifs is 1. The summed E-state index contributed by atoms with van der Waals surface area (Å²) in [5, 5.41) is 0. The van der Waals surface area contributed by atoms with Gasteiger partial charge in [-0.15, -0.1) is 0 Å². The molecular formula is C18H20N2O3S. The number of nitrogens with zero attached hydrogens (tertiary/aromatic N) is 1. The minimum atomic E-state index is -3.88. The van der Waals surface area contributed by atoms with Crippen LogP contribution in [0, 0.1) is 13.8 Å². The van der Waals surface area contributed by atoms with Gasteiger partial charge in [0.05, 0.1) is 10.6 Å². The maximum atomic E-state index is 13.2. The van der Waals surface area contributed by atoms with E-state index in [1.165, 1.54) is 4.31 Å². The fraction of sp³-hybridized carbons (Fsp3) is 0.278. The Kier molecular flexibility index (Phi) is 4.09. The third-order valence-corrected chi connectivity index (χ3v) is 6.38. The van der Waals surface area contributed by atoms with E-state index in [1.807, 2.05) is 26.0 Å². The summed E-state index contributed by atoms with van der Waals surface area (Å²) < 4.78 is 27.7. The van der Waals surface area contributed by atoms with E-state index in [1.54, 1.807) is 30.3 Å². The van der Waals surface area contributed by atoms with Crippen molar-refractivity contribution in [3.8, 4) is 0 Å². The van der Waals surface area contributed by atoms with Crippen LogP contribution in [-0.4, -0.2) is 20.4 Å². The fourth-order valence-corrected chi connectivity index (χ4v) is 4.83. The zero-order valence-corrected chi connectivity index (χ0v) is 14.5. The Bertz CT molecular complexity index is 906. The highest BCUT2D eigenvalue weighted by molar-refractivity contribution is 7.93. The van der Waals surface area contributed by atoms with E-state index in [-0.39, 0.29) is 4.90 Å². The molecule has 0 aliphatic carbocycles. The van der Waals surface area contributed by atoms with Gasteiger partial charge in [-0.25, -0.2) is 8.42 Å². The summed E-state index contributed by atoms with van der Waals surface area (Å²) in [6, 6.07) is 11.4. The number of carbonyl (C=O) groups excluding carboxylic acids is 1. The molecule has 5 nitrogen and oxygen atoms in total. The normalized spacial score (nSPS) is 17.4. The molecule has 0 fully saturated rings. The Morgan fingerprint density at radius 1 is 1.12 bits per heavy atom. The molecule has 1 aliphatic heterocycles. The van der Waals surface area contributed by atoms with Crippen LogP contribution in [0.4, 0.5) is 5.69 Å². The van der Waals surface area contributed by atoms with Crippen LogP contribution in [0.15, 0.2) is 47.4 Å². The first-order chi connectivity index (χ1) is 11.3. The van der Waals surface area contributed by atoms with Crippen molar-refractivity contribution in [1.82, 2.24) is 0 Å². The number of rotatable bonds is 3. The third kappa shape index (κ3) is 2.67. The topological polar surface area (TPSA) is 80.5 Å². The van der Waals surface area contributed by atoms with E-state index < -0.39 is 22.0 Å². The number of hydrogen-bond acceptors (Lipinski definition) is 3. The van der Waals surface area contributed by atoms with E-state index in [0.29, 0.717) is 18.5 Å². The van der Waals surface area contributed by atoms with Crippen LogP contribution in [0.3, 0.4) is 0 Å². The number of primary amides is 1. The molecule has 2 aromatic rings. The van der Waals surface area contributed by atoms with Gasteiger partial charge in [0.2, 0.25) is 5.91 Å². The zero-order chi connectivity index (χ0) is 17.5. The molecule has 24 heavy (non-hydrogen) atoms. The quantitative estimate of drug-likeness (QED) is 0.928. The molecule has 1 heterocycles. The van der Waals surface area contributed by atoms with Crippen molar-refractivity contribution in [1.29, 1.82) is 0 Å². The Labute approximate surface area is 142 Å². The molecule has 0 spiro atoms. The molecule has 0 saturated carbocycles. The Balaban J connectivity index is 2.19. The largest absolute Gasteiger partial charge is 0.368 e. The molecule has 6 heteroatoms. The van der Waals surface area contributed by atoms with Crippen LogP contribution in [0.5, 0.6) is 0 Å². The summed E-state index contributed by atoms with van der Waals surface area (Å²) in [4.78, 5) is 12.1. The molecule has 2 N–H and O–H groups in total.